The van der Waals surface area contributed by atoms with Crippen LogP contribution in [-0.4, -0.2) is 24.1 Å². The zero-order chi connectivity index (χ0) is 18.0. The van der Waals surface area contributed by atoms with Crippen LogP contribution in [0, 0.1) is 0 Å². The average molecular weight is 336 g/mol. The van der Waals surface area contributed by atoms with Crippen molar-refractivity contribution in [1.29, 1.82) is 0 Å². The first-order valence-electron chi connectivity index (χ1n) is 8.03. The molecule has 1 aliphatic rings. The molecule has 0 amide bonds. The number of phenols is 1. The van der Waals surface area contributed by atoms with E-state index >= 15 is 0 Å². The van der Waals surface area contributed by atoms with Crippen molar-refractivity contribution in [3.05, 3.63) is 71.3 Å². The number of ether oxygens (including phenoxy) is 2. The number of rotatable bonds is 5. The van der Waals surface area contributed by atoms with Crippen LogP contribution in [-0.2, 0) is 6.42 Å². The Bertz CT molecular complexity index is 850. The number of ketones is 1. The molecule has 1 heterocycles. The third-order valence-corrected chi connectivity index (χ3v) is 4.23. The van der Waals surface area contributed by atoms with E-state index in [9.17, 15) is 9.90 Å². The minimum atomic E-state index is -0.320. The van der Waals surface area contributed by atoms with Crippen molar-refractivity contribution in [2.24, 2.45) is 0 Å². The highest BCUT2D eigenvalue weighted by Crippen LogP contribution is 2.44. The molecule has 4 heteroatoms. The number of hydrogen-bond donors (Lipinski definition) is 1. The van der Waals surface area contributed by atoms with Crippen molar-refractivity contribution in [2.75, 3.05) is 7.11 Å². The van der Waals surface area contributed by atoms with Crippen molar-refractivity contribution < 1.29 is 19.4 Å². The Morgan fingerprint density at radius 2 is 2.08 bits per heavy atom. The van der Waals surface area contributed by atoms with Gasteiger partial charge in [0.15, 0.2) is 5.78 Å². The summed E-state index contributed by atoms with van der Waals surface area (Å²) < 4.78 is 11.1. The Morgan fingerprint density at radius 1 is 1.36 bits per heavy atom. The number of carbonyl (C=O) groups is 1. The Hall–Kier alpha value is -3.01. The Labute approximate surface area is 147 Å². The van der Waals surface area contributed by atoms with Crippen LogP contribution in [0.2, 0.25) is 0 Å². The van der Waals surface area contributed by atoms with Crippen LogP contribution in [0.25, 0.3) is 6.08 Å². The van der Waals surface area contributed by atoms with Crippen LogP contribution in [0.4, 0.5) is 0 Å². The molecule has 0 spiro atoms. The zero-order valence-corrected chi connectivity index (χ0v) is 14.3. The fraction of sp³-hybridized carbons (Fsp3) is 0.190. The average Bonchev–Trinajstić information content (AvgIpc) is 3.05. The van der Waals surface area contributed by atoms with E-state index in [0.29, 0.717) is 23.5 Å². The molecule has 2 aromatic rings. The molecule has 0 saturated carbocycles. The molecule has 3 rings (SSSR count). The van der Waals surface area contributed by atoms with Crippen molar-refractivity contribution in [2.45, 2.75) is 19.4 Å². The molecule has 0 radical (unpaired) electrons. The van der Waals surface area contributed by atoms with Crippen molar-refractivity contribution in [3.63, 3.8) is 0 Å². The number of benzene rings is 2. The molecule has 2 aromatic carbocycles. The summed E-state index contributed by atoms with van der Waals surface area (Å²) in [5, 5.41) is 10.6. The van der Waals surface area contributed by atoms with E-state index in [1.807, 2.05) is 37.3 Å². The summed E-state index contributed by atoms with van der Waals surface area (Å²) in [6, 6.07) is 11.2. The van der Waals surface area contributed by atoms with Crippen molar-refractivity contribution in [3.8, 4) is 17.2 Å². The molecule has 1 atom stereocenters. The largest absolute Gasteiger partial charge is 0.507 e. The van der Waals surface area contributed by atoms with Gasteiger partial charge >= 0.3 is 0 Å². The molecule has 1 N–H and O–H groups in total. The third-order valence-electron chi connectivity index (χ3n) is 4.23. The third kappa shape index (κ3) is 3.29. The van der Waals surface area contributed by atoms with Crippen LogP contribution < -0.4 is 9.47 Å². The van der Waals surface area contributed by atoms with Crippen LogP contribution in [0.1, 0.15) is 28.4 Å². The molecular formula is C21H20O4. The monoisotopic (exact) mass is 336 g/mol. The maximum Gasteiger partial charge on any atom is 0.193 e. The summed E-state index contributed by atoms with van der Waals surface area (Å²) in [6.45, 7) is 5.77. The summed E-state index contributed by atoms with van der Waals surface area (Å²) in [4.78, 5) is 12.6. The number of allylic oxidation sites excluding steroid dienone is 1. The first-order chi connectivity index (χ1) is 12.0. The van der Waals surface area contributed by atoms with Crippen LogP contribution in [0.15, 0.2) is 54.6 Å². The lowest BCUT2D eigenvalue weighted by molar-refractivity contribution is 0.104. The summed E-state index contributed by atoms with van der Waals surface area (Å²) in [5.41, 5.74) is 2.54. The normalized spacial score (nSPS) is 15.7. The molecule has 128 valence electrons. The summed E-state index contributed by atoms with van der Waals surface area (Å²) in [5.74, 6) is 0.424. The first kappa shape index (κ1) is 16.8. The number of aromatic hydroxyl groups is 1. The summed E-state index contributed by atoms with van der Waals surface area (Å²) in [7, 11) is 1.46. The maximum absolute atomic E-state index is 12.6. The lowest BCUT2D eigenvalue weighted by Crippen LogP contribution is -2.13. The SMILES string of the molecule is C=C(C)C1Cc2c(cc(OC)c(C(=O)C=Cc3ccccc3)c2O)O1. The maximum atomic E-state index is 12.6. The van der Waals surface area contributed by atoms with E-state index in [1.54, 1.807) is 12.1 Å². The van der Waals surface area contributed by atoms with Crippen LogP contribution in [0.3, 0.4) is 0 Å². The minimum Gasteiger partial charge on any atom is -0.507 e. The minimum absolute atomic E-state index is 0.0826. The first-order valence-corrected chi connectivity index (χ1v) is 8.03. The second-order valence-corrected chi connectivity index (χ2v) is 6.04. The summed E-state index contributed by atoms with van der Waals surface area (Å²) in [6.07, 6.45) is 3.44. The van der Waals surface area contributed by atoms with Gasteiger partial charge in [-0.3, -0.25) is 4.79 Å². The fourth-order valence-corrected chi connectivity index (χ4v) is 2.84. The van der Waals surface area contributed by atoms with E-state index in [2.05, 4.69) is 6.58 Å². The molecule has 25 heavy (non-hydrogen) atoms. The topological polar surface area (TPSA) is 55.8 Å². The van der Waals surface area contributed by atoms with Gasteiger partial charge in [-0.2, -0.15) is 0 Å². The van der Waals surface area contributed by atoms with Gasteiger partial charge in [-0.25, -0.2) is 0 Å². The Morgan fingerprint density at radius 3 is 2.72 bits per heavy atom. The highest BCUT2D eigenvalue weighted by atomic mass is 16.5. The number of fused-ring (bicyclic) bond motifs is 1. The van der Waals surface area contributed by atoms with Crippen molar-refractivity contribution in [1.82, 2.24) is 0 Å². The molecule has 4 nitrogen and oxygen atoms in total. The number of hydrogen-bond acceptors (Lipinski definition) is 4. The molecule has 0 aliphatic carbocycles. The lowest BCUT2D eigenvalue weighted by Gasteiger charge is -2.12. The number of phenolic OH excluding ortho intramolecular Hbond substituents is 1. The van der Waals surface area contributed by atoms with Crippen LogP contribution in [0.5, 0.6) is 17.2 Å². The van der Waals surface area contributed by atoms with Crippen LogP contribution >= 0.6 is 0 Å². The smallest absolute Gasteiger partial charge is 0.193 e. The van der Waals surface area contributed by atoms with Crippen molar-refractivity contribution >= 4 is 11.9 Å². The predicted molar refractivity (Wildman–Crippen MR) is 97.4 cm³/mol. The van der Waals surface area contributed by atoms with Gasteiger partial charge in [0.25, 0.3) is 0 Å². The van der Waals surface area contributed by atoms with Gasteiger partial charge in [0.05, 0.1) is 7.11 Å². The Kier molecular flexibility index (Phi) is 4.61. The van der Waals surface area contributed by atoms with E-state index in [1.165, 1.54) is 13.2 Å². The van der Waals surface area contributed by atoms with Gasteiger partial charge < -0.3 is 14.6 Å². The Balaban J connectivity index is 1.97. The molecular weight excluding hydrogens is 316 g/mol. The molecule has 0 saturated heterocycles. The molecule has 0 bridgehead atoms. The summed E-state index contributed by atoms with van der Waals surface area (Å²) >= 11 is 0. The number of carbonyl (C=O) groups excluding carboxylic acids is 1. The highest BCUT2D eigenvalue weighted by molar-refractivity contribution is 6.11. The standard InChI is InChI=1S/C21H20O4/c1-13(2)17-11-15-18(25-17)12-19(24-3)20(21(15)23)16(22)10-9-14-7-5-4-6-8-14/h4-10,12,17,23H,1,11H2,2-3H3. The quantitative estimate of drug-likeness (QED) is 0.506. The van der Waals surface area contributed by atoms with E-state index in [4.69, 9.17) is 9.47 Å². The zero-order valence-electron chi connectivity index (χ0n) is 14.3. The fourth-order valence-electron chi connectivity index (χ4n) is 2.84. The van der Waals surface area contributed by atoms with Gasteiger partial charge in [-0.1, -0.05) is 43.0 Å². The van der Waals surface area contributed by atoms with Gasteiger partial charge in [-0.05, 0) is 24.1 Å². The van der Waals surface area contributed by atoms with E-state index in [0.717, 1.165) is 11.1 Å². The number of methoxy groups -OCH3 is 1. The van der Waals surface area contributed by atoms with E-state index < -0.39 is 0 Å². The molecule has 1 aliphatic heterocycles. The van der Waals surface area contributed by atoms with Gasteiger partial charge in [0.2, 0.25) is 0 Å². The molecule has 1 unspecified atom stereocenters. The molecule has 0 fully saturated rings. The second kappa shape index (κ2) is 6.85. The second-order valence-electron chi connectivity index (χ2n) is 6.04. The van der Waals surface area contributed by atoms with Gasteiger partial charge in [-0.15, -0.1) is 0 Å². The highest BCUT2D eigenvalue weighted by Gasteiger charge is 2.31. The van der Waals surface area contributed by atoms with Gasteiger partial charge in [0.1, 0.15) is 28.9 Å². The van der Waals surface area contributed by atoms with E-state index in [-0.39, 0.29) is 23.2 Å². The lowest BCUT2D eigenvalue weighted by atomic mass is 9.99. The molecule has 0 aromatic heterocycles. The van der Waals surface area contributed by atoms with Gasteiger partial charge in [0, 0.05) is 18.1 Å². The predicted octanol–water partition coefficient (Wildman–Crippen LogP) is 4.18.